The summed E-state index contributed by atoms with van der Waals surface area (Å²) in [5.41, 5.74) is 5.46. The normalized spacial score (nSPS) is 19.3. The molecule has 1 aliphatic rings. The van der Waals surface area contributed by atoms with Gasteiger partial charge in [-0.25, -0.2) is 0 Å². The molecule has 0 aromatic heterocycles. The van der Waals surface area contributed by atoms with Crippen LogP contribution in [-0.2, 0) is 11.2 Å². The Kier molecular flexibility index (Phi) is 4.38. The van der Waals surface area contributed by atoms with Gasteiger partial charge in [-0.15, -0.1) is 0 Å². The quantitative estimate of drug-likeness (QED) is 0.601. The highest BCUT2D eigenvalue weighted by Gasteiger charge is 2.44. The van der Waals surface area contributed by atoms with Crippen molar-refractivity contribution in [2.45, 2.75) is 50.7 Å². The number of benzene rings is 1. The molecule has 0 saturated heterocycles. The predicted octanol–water partition coefficient (Wildman–Crippen LogP) is 2.71. The van der Waals surface area contributed by atoms with Crippen molar-refractivity contribution in [1.29, 1.82) is 0 Å². The first-order valence-corrected chi connectivity index (χ1v) is 6.86. The number of nitrogens with two attached hydrogens (primary N) is 1. The standard InChI is InChI=1S/C15H24N2O/c1-3-6-12-7-4-8-13(11-12)14(17-16)15(18-2)9-5-10-15/h4,7-8,11,14,17H,3,5-6,9-10,16H2,1-2H3. The molecule has 1 fully saturated rings. The molecule has 3 heteroatoms. The zero-order chi connectivity index (χ0) is 13.0. The lowest BCUT2D eigenvalue weighted by Gasteiger charge is -2.46. The molecule has 100 valence electrons. The summed E-state index contributed by atoms with van der Waals surface area (Å²) in [6.07, 6.45) is 5.66. The van der Waals surface area contributed by atoms with Crippen LogP contribution in [0.15, 0.2) is 24.3 Å². The van der Waals surface area contributed by atoms with Crippen molar-refractivity contribution < 1.29 is 4.74 Å². The summed E-state index contributed by atoms with van der Waals surface area (Å²) >= 11 is 0. The van der Waals surface area contributed by atoms with E-state index in [0.29, 0.717) is 0 Å². The molecule has 0 heterocycles. The number of methoxy groups -OCH3 is 1. The van der Waals surface area contributed by atoms with Gasteiger partial charge in [-0.3, -0.25) is 11.3 Å². The van der Waals surface area contributed by atoms with Crippen LogP contribution in [0.5, 0.6) is 0 Å². The summed E-state index contributed by atoms with van der Waals surface area (Å²) in [4.78, 5) is 0. The molecule has 1 saturated carbocycles. The molecule has 1 aromatic carbocycles. The number of aryl methyl sites for hydroxylation is 1. The maximum Gasteiger partial charge on any atom is 0.0885 e. The van der Waals surface area contributed by atoms with E-state index in [1.807, 2.05) is 0 Å². The average Bonchev–Trinajstić information content (AvgIpc) is 2.34. The van der Waals surface area contributed by atoms with E-state index in [4.69, 9.17) is 10.6 Å². The van der Waals surface area contributed by atoms with Crippen molar-refractivity contribution >= 4 is 0 Å². The number of hydrazine groups is 1. The van der Waals surface area contributed by atoms with Gasteiger partial charge in [0.25, 0.3) is 0 Å². The van der Waals surface area contributed by atoms with Crippen LogP contribution < -0.4 is 11.3 Å². The van der Waals surface area contributed by atoms with E-state index in [9.17, 15) is 0 Å². The Morgan fingerprint density at radius 3 is 2.72 bits per heavy atom. The fourth-order valence-electron chi connectivity index (χ4n) is 2.90. The topological polar surface area (TPSA) is 47.3 Å². The summed E-state index contributed by atoms with van der Waals surface area (Å²) in [5.74, 6) is 5.77. The van der Waals surface area contributed by atoms with Crippen LogP contribution in [-0.4, -0.2) is 12.7 Å². The molecule has 0 bridgehead atoms. The molecule has 3 N–H and O–H groups in total. The van der Waals surface area contributed by atoms with Crippen LogP contribution in [0.1, 0.15) is 49.8 Å². The van der Waals surface area contributed by atoms with Gasteiger partial charge in [0.2, 0.25) is 0 Å². The summed E-state index contributed by atoms with van der Waals surface area (Å²) in [6, 6.07) is 8.79. The fourth-order valence-corrected chi connectivity index (χ4v) is 2.90. The highest BCUT2D eigenvalue weighted by atomic mass is 16.5. The predicted molar refractivity (Wildman–Crippen MR) is 74.1 cm³/mol. The van der Waals surface area contributed by atoms with Gasteiger partial charge in [-0.05, 0) is 36.8 Å². The van der Waals surface area contributed by atoms with Crippen molar-refractivity contribution in [3.63, 3.8) is 0 Å². The van der Waals surface area contributed by atoms with E-state index in [-0.39, 0.29) is 11.6 Å². The van der Waals surface area contributed by atoms with Crippen LogP contribution in [0.4, 0.5) is 0 Å². The molecular formula is C15H24N2O. The zero-order valence-corrected chi connectivity index (χ0v) is 11.4. The van der Waals surface area contributed by atoms with Crippen molar-refractivity contribution in [3.8, 4) is 0 Å². The van der Waals surface area contributed by atoms with Gasteiger partial charge in [0.15, 0.2) is 0 Å². The first-order valence-electron chi connectivity index (χ1n) is 6.86. The van der Waals surface area contributed by atoms with Crippen LogP contribution in [0.25, 0.3) is 0 Å². The molecule has 1 atom stereocenters. The Bertz CT molecular complexity index is 382. The Hall–Kier alpha value is -0.900. The molecule has 3 nitrogen and oxygen atoms in total. The van der Waals surface area contributed by atoms with Gasteiger partial charge >= 0.3 is 0 Å². The van der Waals surface area contributed by atoms with Gasteiger partial charge in [0, 0.05) is 7.11 Å². The van der Waals surface area contributed by atoms with E-state index in [0.717, 1.165) is 19.3 Å². The summed E-state index contributed by atoms with van der Waals surface area (Å²) in [6.45, 7) is 2.20. The fraction of sp³-hybridized carbons (Fsp3) is 0.600. The van der Waals surface area contributed by atoms with Gasteiger partial charge in [0.1, 0.15) is 0 Å². The molecule has 1 aliphatic carbocycles. The zero-order valence-electron chi connectivity index (χ0n) is 11.4. The summed E-state index contributed by atoms with van der Waals surface area (Å²) in [5, 5.41) is 0. The Labute approximate surface area is 110 Å². The SMILES string of the molecule is CCCc1cccc(C(NN)C2(OC)CCC2)c1. The number of rotatable bonds is 6. The molecule has 18 heavy (non-hydrogen) atoms. The Balaban J connectivity index is 2.24. The minimum absolute atomic E-state index is 0.0908. The van der Waals surface area contributed by atoms with Gasteiger partial charge in [0.05, 0.1) is 11.6 Å². The van der Waals surface area contributed by atoms with Gasteiger partial charge < -0.3 is 4.74 Å². The van der Waals surface area contributed by atoms with Crippen molar-refractivity contribution in [1.82, 2.24) is 5.43 Å². The number of ether oxygens (including phenoxy) is 1. The second-order valence-electron chi connectivity index (χ2n) is 5.22. The highest BCUT2D eigenvalue weighted by molar-refractivity contribution is 5.29. The minimum Gasteiger partial charge on any atom is -0.376 e. The molecule has 0 radical (unpaired) electrons. The number of nitrogens with one attached hydrogen (secondary N) is 1. The number of hydrogen-bond acceptors (Lipinski definition) is 3. The molecule has 2 rings (SSSR count). The van der Waals surface area contributed by atoms with E-state index in [1.165, 1.54) is 24.0 Å². The molecule has 1 aromatic rings. The third kappa shape index (κ3) is 2.44. The first kappa shape index (κ1) is 13.5. The number of hydrogen-bond donors (Lipinski definition) is 2. The van der Waals surface area contributed by atoms with Crippen LogP contribution in [0, 0.1) is 0 Å². The monoisotopic (exact) mass is 248 g/mol. The molecule has 0 spiro atoms. The smallest absolute Gasteiger partial charge is 0.0885 e. The molecule has 1 unspecified atom stereocenters. The van der Waals surface area contributed by atoms with E-state index in [2.05, 4.69) is 36.6 Å². The van der Waals surface area contributed by atoms with Gasteiger partial charge in [-0.1, -0.05) is 37.6 Å². The first-order chi connectivity index (χ1) is 8.75. The summed E-state index contributed by atoms with van der Waals surface area (Å²) in [7, 11) is 1.79. The third-order valence-electron chi connectivity index (χ3n) is 4.12. The highest BCUT2D eigenvalue weighted by Crippen LogP contribution is 2.44. The molecule has 0 amide bonds. The Morgan fingerprint density at radius 2 is 2.22 bits per heavy atom. The molecule has 0 aliphatic heterocycles. The largest absolute Gasteiger partial charge is 0.376 e. The second kappa shape index (κ2) is 5.83. The maximum absolute atomic E-state index is 5.77. The second-order valence-corrected chi connectivity index (χ2v) is 5.22. The van der Waals surface area contributed by atoms with Crippen LogP contribution in [0.2, 0.25) is 0 Å². The lowest BCUT2D eigenvalue weighted by Crippen LogP contribution is -2.52. The maximum atomic E-state index is 5.77. The van der Waals surface area contributed by atoms with Crippen molar-refractivity contribution in [2.75, 3.05) is 7.11 Å². The molecular weight excluding hydrogens is 224 g/mol. The van der Waals surface area contributed by atoms with Crippen LogP contribution >= 0.6 is 0 Å². The van der Waals surface area contributed by atoms with Crippen molar-refractivity contribution in [3.05, 3.63) is 35.4 Å². The Morgan fingerprint density at radius 1 is 1.44 bits per heavy atom. The lowest BCUT2D eigenvalue weighted by atomic mass is 9.72. The lowest BCUT2D eigenvalue weighted by molar-refractivity contribution is -0.0999. The van der Waals surface area contributed by atoms with Gasteiger partial charge in [-0.2, -0.15) is 0 Å². The van der Waals surface area contributed by atoms with E-state index < -0.39 is 0 Å². The summed E-state index contributed by atoms with van der Waals surface area (Å²) < 4.78 is 5.74. The average molecular weight is 248 g/mol. The van der Waals surface area contributed by atoms with E-state index in [1.54, 1.807) is 7.11 Å². The van der Waals surface area contributed by atoms with Crippen LogP contribution in [0.3, 0.4) is 0 Å². The van der Waals surface area contributed by atoms with E-state index >= 15 is 0 Å². The van der Waals surface area contributed by atoms with Crippen molar-refractivity contribution in [2.24, 2.45) is 5.84 Å². The minimum atomic E-state index is -0.112. The third-order valence-corrected chi connectivity index (χ3v) is 4.12.